The summed E-state index contributed by atoms with van der Waals surface area (Å²) in [5.74, 6) is 0.971. The highest BCUT2D eigenvalue weighted by molar-refractivity contribution is 5.80. The number of nitrogens with one attached hydrogen (secondary N) is 1. The number of hydrogen-bond donors (Lipinski definition) is 1. The van der Waals surface area contributed by atoms with E-state index >= 15 is 0 Å². The molecule has 1 N–H and O–H groups in total. The average molecular weight is 363 g/mol. The molecule has 0 bridgehead atoms. The van der Waals surface area contributed by atoms with Crippen LogP contribution in [0.4, 0.5) is 0 Å². The van der Waals surface area contributed by atoms with Crippen LogP contribution in [0.5, 0.6) is 0 Å². The highest BCUT2D eigenvalue weighted by Crippen LogP contribution is 2.22. The summed E-state index contributed by atoms with van der Waals surface area (Å²) in [7, 11) is 3.80. The van der Waals surface area contributed by atoms with Crippen molar-refractivity contribution in [2.75, 3.05) is 39.8 Å². The quantitative estimate of drug-likeness (QED) is 0.652. The van der Waals surface area contributed by atoms with Crippen molar-refractivity contribution >= 4 is 5.96 Å². The summed E-state index contributed by atoms with van der Waals surface area (Å²) in [6.07, 6.45) is 7.97. The minimum Gasteiger partial charge on any atom is -0.370 e. The monoisotopic (exact) mass is 362 g/mol. The van der Waals surface area contributed by atoms with Crippen LogP contribution in [-0.4, -0.2) is 77.5 Å². The van der Waals surface area contributed by atoms with E-state index in [1.165, 1.54) is 25.8 Å². The molecule has 3 rings (SSSR count). The number of aryl methyl sites for hydroxylation is 1. The Balaban J connectivity index is 1.54. The Morgan fingerprint density at radius 2 is 2.27 bits per heavy atom. The van der Waals surface area contributed by atoms with Crippen LogP contribution in [0.2, 0.25) is 0 Å². The van der Waals surface area contributed by atoms with Crippen molar-refractivity contribution in [2.24, 2.45) is 12.0 Å². The second-order valence-corrected chi connectivity index (χ2v) is 7.61. The Morgan fingerprint density at radius 3 is 2.96 bits per heavy atom. The Labute approximate surface area is 157 Å². The summed E-state index contributed by atoms with van der Waals surface area (Å²) < 4.78 is 7.78. The van der Waals surface area contributed by atoms with Crippen molar-refractivity contribution in [1.82, 2.24) is 24.9 Å². The van der Waals surface area contributed by atoms with Gasteiger partial charge in [0.1, 0.15) is 6.10 Å². The van der Waals surface area contributed by atoms with E-state index in [0.717, 1.165) is 31.2 Å². The zero-order valence-corrected chi connectivity index (χ0v) is 16.7. The molecule has 0 aromatic carbocycles. The van der Waals surface area contributed by atoms with Gasteiger partial charge in [0.25, 0.3) is 0 Å². The zero-order valence-electron chi connectivity index (χ0n) is 16.7. The van der Waals surface area contributed by atoms with E-state index in [1.807, 2.05) is 31.2 Å². The summed E-state index contributed by atoms with van der Waals surface area (Å²) in [6.45, 7) is 9.18. The SMILES string of the molecule is CN=C(NCC(C)N1CCCCC1C)N1CCOC(c2cnn(C)c2)C1. The van der Waals surface area contributed by atoms with Crippen LogP contribution in [0, 0.1) is 0 Å². The Morgan fingerprint density at radius 1 is 1.42 bits per heavy atom. The number of guanidine groups is 1. The first kappa shape index (κ1) is 19.2. The first-order valence-corrected chi connectivity index (χ1v) is 9.90. The standard InChI is InChI=1S/C19H34N6O/c1-15-7-5-6-8-25(15)16(2)11-21-19(20-3)24-9-10-26-18(14-24)17-12-22-23(4)13-17/h12-13,15-16,18H,5-11,14H2,1-4H3,(H,20,21). The molecule has 0 spiro atoms. The van der Waals surface area contributed by atoms with Gasteiger partial charge < -0.3 is 15.0 Å². The number of hydrogen-bond acceptors (Lipinski definition) is 4. The van der Waals surface area contributed by atoms with E-state index in [1.54, 1.807) is 0 Å². The van der Waals surface area contributed by atoms with Gasteiger partial charge in [-0.2, -0.15) is 5.10 Å². The fourth-order valence-electron chi connectivity index (χ4n) is 4.11. The molecular formula is C19H34N6O. The van der Waals surface area contributed by atoms with Gasteiger partial charge in [0, 0.05) is 51.0 Å². The highest BCUT2D eigenvalue weighted by atomic mass is 16.5. The minimum absolute atomic E-state index is 0.0514. The molecule has 3 unspecified atom stereocenters. The first-order chi connectivity index (χ1) is 12.6. The van der Waals surface area contributed by atoms with Gasteiger partial charge in [-0.05, 0) is 33.2 Å². The lowest BCUT2D eigenvalue weighted by Gasteiger charge is -2.39. The maximum Gasteiger partial charge on any atom is 0.193 e. The second kappa shape index (κ2) is 8.86. The third-order valence-corrected chi connectivity index (χ3v) is 5.65. The maximum absolute atomic E-state index is 5.95. The van der Waals surface area contributed by atoms with Crippen molar-refractivity contribution in [3.8, 4) is 0 Å². The molecule has 7 heteroatoms. The Hall–Kier alpha value is -1.60. The topological polar surface area (TPSA) is 57.9 Å². The summed E-state index contributed by atoms with van der Waals surface area (Å²) in [5, 5.41) is 7.86. The van der Waals surface area contributed by atoms with Crippen LogP contribution in [0.15, 0.2) is 17.4 Å². The van der Waals surface area contributed by atoms with E-state index < -0.39 is 0 Å². The van der Waals surface area contributed by atoms with Gasteiger partial charge in [-0.3, -0.25) is 14.6 Å². The highest BCUT2D eigenvalue weighted by Gasteiger charge is 2.27. The number of piperidine rings is 1. The molecule has 3 heterocycles. The van der Waals surface area contributed by atoms with Crippen LogP contribution in [-0.2, 0) is 11.8 Å². The summed E-state index contributed by atoms with van der Waals surface area (Å²) in [4.78, 5) is 9.44. The van der Waals surface area contributed by atoms with E-state index in [0.29, 0.717) is 18.7 Å². The molecule has 146 valence electrons. The molecule has 0 radical (unpaired) electrons. The molecule has 2 aliphatic heterocycles. The van der Waals surface area contributed by atoms with Crippen molar-refractivity contribution < 1.29 is 4.74 Å². The van der Waals surface area contributed by atoms with Gasteiger partial charge in [0.2, 0.25) is 0 Å². The van der Waals surface area contributed by atoms with E-state index in [-0.39, 0.29) is 6.10 Å². The number of rotatable bonds is 4. The van der Waals surface area contributed by atoms with Crippen LogP contribution >= 0.6 is 0 Å². The molecule has 2 aliphatic rings. The smallest absolute Gasteiger partial charge is 0.193 e. The molecule has 0 aliphatic carbocycles. The molecule has 1 aromatic rings. The lowest BCUT2D eigenvalue weighted by Crippen LogP contribution is -2.53. The van der Waals surface area contributed by atoms with Gasteiger partial charge in [-0.15, -0.1) is 0 Å². The van der Waals surface area contributed by atoms with E-state index in [2.05, 4.69) is 39.1 Å². The van der Waals surface area contributed by atoms with Gasteiger partial charge in [-0.25, -0.2) is 0 Å². The molecule has 3 atom stereocenters. The van der Waals surface area contributed by atoms with Crippen molar-refractivity contribution in [3.05, 3.63) is 18.0 Å². The van der Waals surface area contributed by atoms with Crippen LogP contribution in [0.1, 0.15) is 44.8 Å². The number of aromatic nitrogens is 2. The second-order valence-electron chi connectivity index (χ2n) is 7.61. The predicted molar refractivity (Wildman–Crippen MR) is 104 cm³/mol. The Bertz CT molecular complexity index is 601. The number of nitrogens with zero attached hydrogens (tertiary/aromatic N) is 5. The van der Waals surface area contributed by atoms with Crippen molar-refractivity contribution in [1.29, 1.82) is 0 Å². The molecule has 2 saturated heterocycles. The van der Waals surface area contributed by atoms with Gasteiger partial charge in [0.15, 0.2) is 5.96 Å². The third kappa shape index (κ3) is 4.57. The summed E-state index contributed by atoms with van der Waals surface area (Å²) in [6, 6.07) is 1.19. The van der Waals surface area contributed by atoms with Crippen LogP contribution in [0.3, 0.4) is 0 Å². The number of likely N-dealkylation sites (tertiary alicyclic amines) is 1. The third-order valence-electron chi connectivity index (χ3n) is 5.65. The number of aliphatic imine (C=N–C) groups is 1. The molecule has 2 fully saturated rings. The fraction of sp³-hybridized carbons (Fsp3) is 0.789. The van der Waals surface area contributed by atoms with Gasteiger partial charge in [0.05, 0.1) is 19.3 Å². The molecule has 1 aromatic heterocycles. The molecule has 26 heavy (non-hydrogen) atoms. The lowest BCUT2D eigenvalue weighted by molar-refractivity contribution is -0.00818. The average Bonchev–Trinajstić information content (AvgIpc) is 3.09. The number of ether oxygens (including phenoxy) is 1. The van der Waals surface area contributed by atoms with Crippen molar-refractivity contribution in [2.45, 2.75) is 51.3 Å². The minimum atomic E-state index is 0.0514. The molecular weight excluding hydrogens is 328 g/mol. The van der Waals surface area contributed by atoms with Gasteiger partial charge >= 0.3 is 0 Å². The predicted octanol–water partition coefficient (Wildman–Crippen LogP) is 1.63. The maximum atomic E-state index is 5.95. The molecule has 0 amide bonds. The lowest BCUT2D eigenvalue weighted by atomic mass is 10.0. The summed E-state index contributed by atoms with van der Waals surface area (Å²) in [5.41, 5.74) is 1.13. The molecule has 7 nitrogen and oxygen atoms in total. The van der Waals surface area contributed by atoms with Gasteiger partial charge in [-0.1, -0.05) is 6.42 Å². The normalized spacial score (nSPS) is 26.8. The van der Waals surface area contributed by atoms with E-state index in [9.17, 15) is 0 Å². The molecule has 0 saturated carbocycles. The largest absolute Gasteiger partial charge is 0.370 e. The summed E-state index contributed by atoms with van der Waals surface area (Å²) >= 11 is 0. The van der Waals surface area contributed by atoms with Crippen LogP contribution < -0.4 is 5.32 Å². The fourth-order valence-corrected chi connectivity index (χ4v) is 4.11. The van der Waals surface area contributed by atoms with Crippen molar-refractivity contribution in [3.63, 3.8) is 0 Å². The van der Waals surface area contributed by atoms with Crippen LogP contribution in [0.25, 0.3) is 0 Å². The number of morpholine rings is 1. The zero-order chi connectivity index (χ0) is 18.5. The Kier molecular flexibility index (Phi) is 6.53. The first-order valence-electron chi connectivity index (χ1n) is 9.90. The van der Waals surface area contributed by atoms with E-state index in [4.69, 9.17) is 4.74 Å².